The SMILES string of the molecule is COc1cc(-c2cc(N)n[nH]2)c(OC)cc1SC. The topological polar surface area (TPSA) is 73.2 Å². The van der Waals surface area contributed by atoms with Crippen molar-refractivity contribution in [2.75, 3.05) is 26.2 Å². The number of hydrogen-bond acceptors (Lipinski definition) is 5. The summed E-state index contributed by atoms with van der Waals surface area (Å²) in [5.74, 6) is 2.00. The molecule has 0 unspecified atom stereocenters. The molecule has 1 aromatic carbocycles. The monoisotopic (exact) mass is 265 g/mol. The fourth-order valence-corrected chi connectivity index (χ4v) is 2.28. The lowest BCUT2D eigenvalue weighted by Gasteiger charge is -2.12. The van der Waals surface area contributed by atoms with Gasteiger partial charge in [-0.2, -0.15) is 5.10 Å². The zero-order valence-corrected chi connectivity index (χ0v) is 11.3. The molecule has 18 heavy (non-hydrogen) atoms. The van der Waals surface area contributed by atoms with Gasteiger partial charge in [-0.15, -0.1) is 11.8 Å². The van der Waals surface area contributed by atoms with Gasteiger partial charge in [0, 0.05) is 11.6 Å². The van der Waals surface area contributed by atoms with Crippen molar-refractivity contribution >= 4 is 17.6 Å². The number of rotatable bonds is 4. The molecule has 0 atom stereocenters. The van der Waals surface area contributed by atoms with E-state index < -0.39 is 0 Å². The van der Waals surface area contributed by atoms with Crippen LogP contribution in [0.5, 0.6) is 11.5 Å². The molecule has 0 aliphatic heterocycles. The third-order valence-corrected chi connectivity index (χ3v) is 3.35. The predicted octanol–water partition coefficient (Wildman–Crippen LogP) is 2.40. The number of H-pyrrole nitrogens is 1. The van der Waals surface area contributed by atoms with E-state index in [-0.39, 0.29) is 0 Å². The standard InChI is InChI=1S/C12H15N3O2S/c1-16-9-6-11(18-3)10(17-2)4-7(9)8-5-12(13)15-14-8/h4-6H,1-3H3,(H3,13,14,15). The minimum Gasteiger partial charge on any atom is -0.496 e. The zero-order valence-electron chi connectivity index (χ0n) is 10.5. The van der Waals surface area contributed by atoms with Gasteiger partial charge in [-0.3, -0.25) is 5.10 Å². The first-order chi connectivity index (χ1) is 8.69. The molecule has 2 rings (SSSR count). The molecule has 1 aromatic heterocycles. The zero-order chi connectivity index (χ0) is 13.1. The molecule has 0 saturated carbocycles. The van der Waals surface area contributed by atoms with Crippen molar-refractivity contribution in [3.63, 3.8) is 0 Å². The lowest BCUT2D eigenvalue weighted by atomic mass is 10.1. The summed E-state index contributed by atoms with van der Waals surface area (Å²) in [6, 6.07) is 5.61. The Labute approximate surface area is 110 Å². The first kappa shape index (κ1) is 12.6. The van der Waals surface area contributed by atoms with Crippen LogP contribution in [-0.4, -0.2) is 30.7 Å². The number of nitrogens with zero attached hydrogens (tertiary/aromatic N) is 1. The quantitative estimate of drug-likeness (QED) is 0.830. The molecule has 96 valence electrons. The minimum atomic E-state index is 0.444. The summed E-state index contributed by atoms with van der Waals surface area (Å²) >= 11 is 1.60. The maximum atomic E-state index is 5.62. The Morgan fingerprint density at radius 1 is 1.17 bits per heavy atom. The van der Waals surface area contributed by atoms with Gasteiger partial charge in [-0.25, -0.2) is 0 Å². The number of benzene rings is 1. The highest BCUT2D eigenvalue weighted by molar-refractivity contribution is 7.98. The van der Waals surface area contributed by atoms with Crippen molar-refractivity contribution in [2.24, 2.45) is 0 Å². The Bertz CT molecular complexity index is 554. The van der Waals surface area contributed by atoms with Crippen LogP contribution in [0.3, 0.4) is 0 Å². The molecule has 2 aromatic rings. The van der Waals surface area contributed by atoms with Gasteiger partial charge < -0.3 is 15.2 Å². The predicted molar refractivity (Wildman–Crippen MR) is 73.3 cm³/mol. The number of methoxy groups -OCH3 is 2. The second-order valence-electron chi connectivity index (χ2n) is 3.61. The van der Waals surface area contributed by atoms with Crippen LogP contribution < -0.4 is 15.2 Å². The number of nitrogen functional groups attached to an aromatic ring is 1. The normalized spacial score (nSPS) is 10.4. The average molecular weight is 265 g/mol. The lowest BCUT2D eigenvalue weighted by Crippen LogP contribution is -1.93. The van der Waals surface area contributed by atoms with Crippen LogP contribution in [0.2, 0.25) is 0 Å². The molecule has 5 nitrogen and oxygen atoms in total. The molecule has 6 heteroatoms. The summed E-state index contributed by atoms with van der Waals surface area (Å²) in [6.07, 6.45) is 1.99. The lowest BCUT2D eigenvalue weighted by molar-refractivity contribution is 0.395. The third kappa shape index (κ3) is 2.24. The first-order valence-corrected chi connectivity index (χ1v) is 6.53. The van der Waals surface area contributed by atoms with Crippen molar-refractivity contribution in [3.8, 4) is 22.8 Å². The van der Waals surface area contributed by atoms with Crippen LogP contribution in [0.4, 0.5) is 5.82 Å². The minimum absolute atomic E-state index is 0.444. The third-order valence-electron chi connectivity index (χ3n) is 2.59. The molecule has 0 spiro atoms. The summed E-state index contributed by atoms with van der Waals surface area (Å²) in [4.78, 5) is 1.02. The van der Waals surface area contributed by atoms with Crippen LogP contribution in [0.1, 0.15) is 0 Å². The van der Waals surface area contributed by atoms with Crippen LogP contribution in [0.25, 0.3) is 11.3 Å². The van der Waals surface area contributed by atoms with Gasteiger partial charge in [0.25, 0.3) is 0 Å². The van der Waals surface area contributed by atoms with E-state index in [4.69, 9.17) is 15.2 Å². The molecule has 3 N–H and O–H groups in total. The van der Waals surface area contributed by atoms with Crippen molar-refractivity contribution in [3.05, 3.63) is 18.2 Å². The van der Waals surface area contributed by atoms with E-state index in [0.717, 1.165) is 27.7 Å². The molecular formula is C12H15N3O2S. The Hall–Kier alpha value is -1.82. The maximum Gasteiger partial charge on any atom is 0.145 e. The number of aromatic amines is 1. The average Bonchev–Trinajstić information content (AvgIpc) is 2.83. The Balaban J connectivity index is 2.58. The van der Waals surface area contributed by atoms with Gasteiger partial charge >= 0.3 is 0 Å². The molecule has 0 saturated heterocycles. The van der Waals surface area contributed by atoms with Crippen LogP contribution in [0.15, 0.2) is 23.1 Å². The van der Waals surface area contributed by atoms with Gasteiger partial charge in [-0.05, 0) is 18.4 Å². The van der Waals surface area contributed by atoms with Gasteiger partial charge in [0.15, 0.2) is 0 Å². The number of nitrogens with one attached hydrogen (secondary N) is 1. The summed E-state index contributed by atoms with van der Waals surface area (Å²) < 4.78 is 10.8. The van der Waals surface area contributed by atoms with Crippen molar-refractivity contribution in [1.29, 1.82) is 0 Å². The van der Waals surface area contributed by atoms with E-state index in [1.165, 1.54) is 0 Å². The number of thioether (sulfide) groups is 1. The molecule has 1 heterocycles. The largest absolute Gasteiger partial charge is 0.496 e. The Kier molecular flexibility index (Phi) is 3.66. The second-order valence-corrected chi connectivity index (χ2v) is 4.46. The fraction of sp³-hybridized carbons (Fsp3) is 0.250. The molecule has 0 aliphatic carbocycles. The molecule has 0 radical (unpaired) electrons. The highest BCUT2D eigenvalue weighted by atomic mass is 32.2. The van der Waals surface area contributed by atoms with Gasteiger partial charge in [0.05, 0.1) is 24.8 Å². The summed E-state index contributed by atoms with van der Waals surface area (Å²) in [5, 5.41) is 6.79. The molecular weight excluding hydrogens is 250 g/mol. The molecule has 0 amide bonds. The van der Waals surface area contributed by atoms with E-state index >= 15 is 0 Å². The smallest absolute Gasteiger partial charge is 0.145 e. The van der Waals surface area contributed by atoms with E-state index in [1.54, 1.807) is 32.0 Å². The number of nitrogens with two attached hydrogens (primary N) is 1. The molecule has 0 fully saturated rings. The van der Waals surface area contributed by atoms with Crippen molar-refractivity contribution in [2.45, 2.75) is 4.90 Å². The highest BCUT2D eigenvalue weighted by Gasteiger charge is 2.13. The number of hydrogen-bond donors (Lipinski definition) is 2. The van der Waals surface area contributed by atoms with Gasteiger partial charge in [0.2, 0.25) is 0 Å². The second kappa shape index (κ2) is 5.22. The van der Waals surface area contributed by atoms with Gasteiger partial charge in [-0.1, -0.05) is 0 Å². The fourth-order valence-electron chi connectivity index (χ4n) is 1.71. The van der Waals surface area contributed by atoms with Crippen molar-refractivity contribution < 1.29 is 9.47 Å². The number of aromatic nitrogens is 2. The van der Waals surface area contributed by atoms with E-state index in [9.17, 15) is 0 Å². The van der Waals surface area contributed by atoms with Crippen molar-refractivity contribution in [1.82, 2.24) is 10.2 Å². The van der Waals surface area contributed by atoms with E-state index in [2.05, 4.69) is 10.2 Å². The summed E-state index contributed by atoms with van der Waals surface area (Å²) in [5.41, 5.74) is 7.29. The van der Waals surface area contributed by atoms with Gasteiger partial charge in [0.1, 0.15) is 17.3 Å². The Morgan fingerprint density at radius 2 is 1.89 bits per heavy atom. The number of ether oxygens (including phenoxy) is 2. The van der Waals surface area contributed by atoms with E-state index in [0.29, 0.717) is 5.82 Å². The number of anilines is 1. The van der Waals surface area contributed by atoms with Crippen LogP contribution in [0, 0.1) is 0 Å². The maximum absolute atomic E-state index is 5.62. The summed E-state index contributed by atoms with van der Waals surface area (Å²) in [7, 11) is 3.28. The Morgan fingerprint density at radius 3 is 2.39 bits per heavy atom. The summed E-state index contributed by atoms with van der Waals surface area (Å²) in [6.45, 7) is 0. The first-order valence-electron chi connectivity index (χ1n) is 5.31. The van der Waals surface area contributed by atoms with Crippen LogP contribution in [-0.2, 0) is 0 Å². The van der Waals surface area contributed by atoms with Crippen LogP contribution >= 0.6 is 11.8 Å². The molecule has 0 bridgehead atoms. The van der Waals surface area contributed by atoms with E-state index in [1.807, 2.05) is 18.4 Å². The highest BCUT2D eigenvalue weighted by Crippen LogP contribution is 2.39. The molecule has 0 aliphatic rings.